The van der Waals surface area contributed by atoms with Crippen molar-refractivity contribution in [3.8, 4) is 5.95 Å². The normalized spacial score (nSPS) is 12.6. The Balaban J connectivity index is 2.32. The third-order valence-corrected chi connectivity index (χ3v) is 3.25. The Bertz CT molecular complexity index is 670. The first kappa shape index (κ1) is 16.9. The van der Waals surface area contributed by atoms with Crippen LogP contribution in [0.25, 0.3) is 0 Å². The van der Waals surface area contributed by atoms with Crippen molar-refractivity contribution >= 4 is 6.09 Å². The second-order valence-corrected chi connectivity index (χ2v) is 6.30. The molecule has 1 atom stereocenters. The molecule has 0 bridgehead atoms. The molecule has 1 heterocycles. The van der Waals surface area contributed by atoms with Crippen LogP contribution in [0.1, 0.15) is 43.7 Å². The molecule has 124 valence electrons. The second kappa shape index (κ2) is 6.77. The predicted molar refractivity (Wildman–Crippen MR) is 87.7 cm³/mol. The second-order valence-electron chi connectivity index (χ2n) is 6.30. The van der Waals surface area contributed by atoms with Gasteiger partial charge in [0.15, 0.2) is 0 Å². The summed E-state index contributed by atoms with van der Waals surface area (Å²) in [6.07, 6.45) is -0.499. The minimum absolute atomic E-state index is 0.393. The van der Waals surface area contributed by atoms with Gasteiger partial charge in [-0.25, -0.2) is 4.79 Å². The molecule has 0 radical (unpaired) electrons. The van der Waals surface area contributed by atoms with E-state index in [-0.39, 0.29) is 0 Å². The molecule has 1 amide bonds. The molecule has 23 heavy (non-hydrogen) atoms. The van der Waals surface area contributed by atoms with Crippen molar-refractivity contribution in [2.75, 3.05) is 7.11 Å². The number of benzene rings is 1. The van der Waals surface area contributed by atoms with Crippen LogP contribution in [0.5, 0.6) is 5.95 Å². The van der Waals surface area contributed by atoms with Crippen molar-refractivity contribution < 1.29 is 18.7 Å². The van der Waals surface area contributed by atoms with Crippen LogP contribution in [0, 0.1) is 6.92 Å². The Labute approximate surface area is 136 Å². The van der Waals surface area contributed by atoms with Crippen LogP contribution in [0.4, 0.5) is 4.79 Å². The van der Waals surface area contributed by atoms with Crippen molar-refractivity contribution in [3.05, 3.63) is 53.3 Å². The van der Waals surface area contributed by atoms with Gasteiger partial charge in [0, 0.05) is 6.07 Å². The van der Waals surface area contributed by atoms with Crippen LogP contribution in [0.15, 0.2) is 40.8 Å². The number of alkyl carbamates (subject to hydrolysis) is 1. The number of rotatable bonds is 4. The number of nitrogens with one attached hydrogen (secondary N) is 1. The van der Waals surface area contributed by atoms with Crippen LogP contribution in [0.3, 0.4) is 0 Å². The highest BCUT2D eigenvalue weighted by Crippen LogP contribution is 2.29. The van der Waals surface area contributed by atoms with Crippen LogP contribution in [-0.2, 0) is 4.74 Å². The minimum atomic E-state index is -0.568. The molecule has 5 nitrogen and oxygen atoms in total. The number of methoxy groups -OCH3 is 1. The molecular formula is C18H23NO4. The van der Waals surface area contributed by atoms with Gasteiger partial charge < -0.3 is 19.2 Å². The standard InChI is InChI=1S/C18H23NO4/c1-12-8-6-7-9-13(12)16(14-10-11-15(21-5)22-14)19-17(20)23-18(2,3)4/h6-11,16H,1-5H3,(H,19,20). The van der Waals surface area contributed by atoms with Crippen LogP contribution in [0.2, 0.25) is 0 Å². The molecule has 0 aliphatic heterocycles. The van der Waals surface area contributed by atoms with Gasteiger partial charge >= 0.3 is 6.09 Å². The third kappa shape index (κ3) is 4.52. The zero-order chi connectivity index (χ0) is 17.0. The average Bonchev–Trinajstić information content (AvgIpc) is 2.92. The molecule has 1 unspecified atom stereocenters. The molecular weight excluding hydrogens is 294 g/mol. The van der Waals surface area contributed by atoms with E-state index in [1.54, 1.807) is 12.1 Å². The Kier molecular flexibility index (Phi) is 4.98. The molecule has 5 heteroatoms. The summed E-state index contributed by atoms with van der Waals surface area (Å²) in [6, 6.07) is 10.9. The summed E-state index contributed by atoms with van der Waals surface area (Å²) in [5.74, 6) is 0.978. The number of furan rings is 1. The first-order valence-corrected chi connectivity index (χ1v) is 7.49. The molecule has 0 saturated carbocycles. The molecule has 1 N–H and O–H groups in total. The van der Waals surface area contributed by atoms with Gasteiger partial charge in [0.2, 0.25) is 0 Å². The van der Waals surface area contributed by atoms with Gasteiger partial charge in [0.1, 0.15) is 17.4 Å². The van der Waals surface area contributed by atoms with Gasteiger partial charge in [0.25, 0.3) is 5.95 Å². The van der Waals surface area contributed by atoms with Gasteiger partial charge in [-0.3, -0.25) is 0 Å². The van der Waals surface area contributed by atoms with E-state index in [4.69, 9.17) is 13.9 Å². The molecule has 0 aliphatic rings. The van der Waals surface area contributed by atoms with E-state index in [1.807, 2.05) is 52.0 Å². The Hall–Kier alpha value is -2.43. The maximum absolute atomic E-state index is 12.2. The van der Waals surface area contributed by atoms with Crippen LogP contribution < -0.4 is 10.1 Å². The van der Waals surface area contributed by atoms with Crippen LogP contribution >= 0.6 is 0 Å². The SMILES string of the molecule is COc1ccc(C(NC(=O)OC(C)(C)C)c2ccccc2C)o1. The van der Waals surface area contributed by atoms with Crippen molar-refractivity contribution in [1.82, 2.24) is 5.32 Å². The van der Waals surface area contributed by atoms with Crippen molar-refractivity contribution in [3.63, 3.8) is 0 Å². The van der Waals surface area contributed by atoms with E-state index in [2.05, 4.69) is 5.32 Å². The summed E-state index contributed by atoms with van der Waals surface area (Å²) < 4.78 is 16.1. The van der Waals surface area contributed by atoms with Gasteiger partial charge in [-0.1, -0.05) is 24.3 Å². The number of amides is 1. The number of hydrogen-bond donors (Lipinski definition) is 1. The summed E-state index contributed by atoms with van der Waals surface area (Å²) in [4.78, 5) is 12.2. The highest BCUT2D eigenvalue weighted by atomic mass is 16.6. The summed E-state index contributed by atoms with van der Waals surface area (Å²) in [6.45, 7) is 7.46. The maximum Gasteiger partial charge on any atom is 0.408 e. The molecule has 1 aromatic heterocycles. The average molecular weight is 317 g/mol. The van der Waals surface area contributed by atoms with Gasteiger partial charge in [-0.15, -0.1) is 0 Å². The Morgan fingerprint density at radius 2 is 1.87 bits per heavy atom. The minimum Gasteiger partial charge on any atom is -0.468 e. The van der Waals surface area contributed by atoms with Gasteiger partial charge in [-0.2, -0.15) is 0 Å². The lowest BCUT2D eigenvalue weighted by atomic mass is 9.99. The van der Waals surface area contributed by atoms with E-state index < -0.39 is 17.7 Å². The fourth-order valence-electron chi connectivity index (χ4n) is 2.24. The molecule has 0 spiro atoms. The Morgan fingerprint density at radius 3 is 2.43 bits per heavy atom. The molecule has 1 aromatic carbocycles. The van der Waals surface area contributed by atoms with Gasteiger partial charge in [-0.05, 0) is 44.9 Å². The zero-order valence-electron chi connectivity index (χ0n) is 14.2. The maximum atomic E-state index is 12.2. The lowest BCUT2D eigenvalue weighted by Crippen LogP contribution is -2.35. The Morgan fingerprint density at radius 1 is 1.17 bits per heavy atom. The molecule has 0 saturated heterocycles. The largest absolute Gasteiger partial charge is 0.468 e. The van der Waals surface area contributed by atoms with E-state index in [0.717, 1.165) is 11.1 Å². The summed E-state index contributed by atoms with van der Waals surface area (Å²) in [7, 11) is 1.53. The highest BCUT2D eigenvalue weighted by Gasteiger charge is 2.25. The number of hydrogen-bond acceptors (Lipinski definition) is 4. The number of ether oxygens (including phenoxy) is 2. The fraction of sp³-hybridized carbons (Fsp3) is 0.389. The van der Waals surface area contributed by atoms with E-state index in [1.165, 1.54) is 7.11 Å². The van der Waals surface area contributed by atoms with Crippen LogP contribution in [-0.4, -0.2) is 18.8 Å². The smallest absolute Gasteiger partial charge is 0.408 e. The summed E-state index contributed by atoms with van der Waals surface area (Å²) >= 11 is 0. The number of aryl methyl sites for hydroxylation is 1. The van der Waals surface area contributed by atoms with Crippen molar-refractivity contribution in [1.29, 1.82) is 0 Å². The first-order valence-electron chi connectivity index (χ1n) is 7.49. The summed E-state index contributed by atoms with van der Waals surface area (Å²) in [5.41, 5.74) is 1.42. The van der Waals surface area contributed by atoms with E-state index >= 15 is 0 Å². The highest BCUT2D eigenvalue weighted by molar-refractivity contribution is 5.69. The fourth-order valence-corrected chi connectivity index (χ4v) is 2.24. The van der Waals surface area contributed by atoms with E-state index in [9.17, 15) is 4.79 Å². The quantitative estimate of drug-likeness (QED) is 0.917. The first-order chi connectivity index (χ1) is 10.8. The molecule has 0 fully saturated rings. The number of carbonyl (C=O) groups is 1. The molecule has 2 rings (SSSR count). The monoisotopic (exact) mass is 317 g/mol. The summed E-state index contributed by atoms with van der Waals surface area (Å²) in [5, 5.41) is 2.87. The van der Waals surface area contributed by atoms with Crippen molar-refractivity contribution in [2.45, 2.75) is 39.3 Å². The predicted octanol–water partition coefficient (Wildman–Crippen LogP) is 4.21. The number of carbonyl (C=O) groups excluding carboxylic acids is 1. The lowest BCUT2D eigenvalue weighted by Gasteiger charge is -2.23. The topological polar surface area (TPSA) is 60.7 Å². The van der Waals surface area contributed by atoms with Crippen molar-refractivity contribution in [2.24, 2.45) is 0 Å². The molecule has 2 aromatic rings. The van der Waals surface area contributed by atoms with Gasteiger partial charge in [0.05, 0.1) is 7.11 Å². The third-order valence-electron chi connectivity index (χ3n) is 3.25. The zero-order valence-corrected chi connectivity index (χ0v) is 14.2. The molecule has 0 aliphatic carbocycles. The lowest BCUT2D eigenvalue weighted by molar-refractivity contribution is 0.0506. The van der Waals surface area contributed by atoms with E-state index in [0.29, 0.717) is 11.7 Å².